The molecule has 1 N–H and O–H groups in total. The maximum Gasteiger partial charge on any atom is 0.253 e. The third kappa shape index (κ3) is 4.09. The van der Waals surface area contributed by atoms with Crippen LogP contribution in [0, 0.1) is 12.3 Å². The van der Waals surface area contributed by atoms with Crippen molar-refractivity contribution in [3.63, 3.8) is 0 Å². The van der Waals surface area contributed by atoms with Crippen molar-refractivity contribution in [3.05, 3.63) is 35.4 Å². The zero-order valence-electron chi connectivity index (χ0n) is 14.0. The predicted octanol–water partition coefficient (Wildman–Crippen LogP) is 2.76. The Labute approximate surface area is 132 Å². The van der Waals surface area contributed by atoms with E-state index in [1.807, 2.05) is 56.9 Å². The minimum Gasteiger partial charge on any atom is -0.353 e. The van der Waals surface area contributed by atoms with E-state index < -0.39 is 0 Å². The lowest BCUT2D eigenvalue weighted by Crippen LogP contribution is -2.49. The van der Waals surface area contributed by atoms with Gasteiger partial charge in [0.15, 0.2) is 0 Å². The van der Waals surface area contributed by atoms with Crippen LogP contribution >= 0.6 is 0 Å². The summed E-state index contributed by atoms with van der Waals surface area (Å²) in [6, 6.07) is 7.87. The monoisotopic (exact) mass is 302 g/mol. The van der Waals surface area contributed by atoms with Gasteiger partial charge in [0.05, 0.1) is 0 Å². The van der Waals surface area contributed by atoms with Crippen LogP contribution in [0.5, 0.6) is 0 Å². The minimum absolute atomic E-state index is 0.0796. The number of amides is 2. The molecule has 2 rings (SSSR count). The second kappa shape index (κ2) is 6.51. The second-order valence-electron chi connectivity index (χ2n) is 7.16. The Hall–Kier alpha value is -1.84. The van der Waals surface area contributed by atoms with E-state index in [1.165, 1.54) is 0 Å². The summed E-state index contributed by atoms with van der Waals surface area (Å²) in [5.41, 5.74) is 1.48. The van der Waals surface area contributed by atoms with E-state index in [0.717, 1.165) is 24.0 Å². The Balaban J connectivity index is 1.89. The number of nitrogens with zero attached hydrogens (tertiary/aromatic N) is 1. The molecule has 0 aliphatic carbocycles. The van der Waals surface area contributed by atoms with Crippen LogP contribution in [0.2, 0.25) is 0 Å². The quantitative estimate of drug-likeness (QED) is 0.913. The van der Waals surface area contributed by atoms with E-state index in [4.69, 9.17) is 0 Å². The van der Waals surface area contributed by atoms with Gasteiger partial charge < -0.3 is 10.2 Å². The summed E-state index contributed by atoms with van der Waals surface area (Å²) in [5, 5.41) is 3.09. The third-order valence-corrected chi connectivity index (χ3v) is 4.06. The Morgan fingerprint density at radius 1 is 1.18 bits per heavy atom. The highest BCUT2D eigenvalue weighted by atomic mass is 16.2. The Morgan fingerprint density at radius 2 is 1.82 bits per heavy atom. The second-order valence-corrected chi connectivity index (χ2v) is 7.16. The molecule has 1 aromatic carbocycles. The molecule has 1 fully saturated rings. The number of hydrogen-bond acceptors (Lipinski definition) is 2. The van der Waals surface area contributed by atoms with Gasteiger partial charge in [-0.15, -0.1) is 0 Å². The zero-order valence-corrected chi connectivity index (χ0v) is 14.0. The van der Waals surface area contributed by atoms with Gasteiger partial charge in [0.25, 0.3) is 5.91 Å². The number of hydrogen-bond donors (Lipinski definition) is 1. The first-order chi connectivity index (χ1) is 10.3. The largest absolute Gasteiger partial charge is 0.353 e. The lowest BCUT2D eigenvalue weighted by Gasteiger charge is -2.33. The van der Waals surface area contributed by atoms with Gasteiger partial charge in [-0.1, -0.05) is 38.5 Å². The molecule has 0 radical (unpaired) electrons. The summed E-state index contributed by atoms with van der Waals surface area (Å²) >= 11 is 0. The van der Waals surface area contributed by atoms with Crippen LogP contribution in [0.25, 0.3) is 0 Å². The standard InChI is InChI=1S/C18H26N2O2/c1-13-6-5-7-14(12-13)16(21)20-10-8-15(9-11-20)19-17(22)18(2,3)4/h5-7,12,15H,8-11H2,1-4H3,(H,19,22). The molecule has 1 saturated heterocycles. The fourth-order valence-electron chi connectivity index (χ4n) is 2.59. The summed E-state index contributed by atoms with van der Waals surface area (Å²) in [4.78, 5) is 26.4. The molecule has 2 amide bonds. The molecule has 1 aromatic rings. The van der Waals surface area contributed by atoms with E-state index >= 15 is 0 Å². The molecular formula is C18H26N2O2. The van der Waals surface area contributed by atoms with Crippen molar-refractivity contribution in [1.82, 2.24) is 10.2 Å². The van der Waals surface area contributed by atoms with Gasteiger partial charge >= 0.3 is 0 Å². The maximum atomic E-state index is 12.5. The number of benzene rings is 1. The topological polar surface area (TPSA) is 49.4 Å². The summed E-state index contributed by atoms with van der Waals surface area (Å²) in [6.45, 7) is 9.13. The van der Waals surface area contributed by atoms with E-state index in [1.54, 1.807) is 0 Å². The van der Waals surface area contributed by atoms with E-state index in [9.17, 15) is 9.59 Å². The van der Waals surface area contributed by atoms with Crippen molar-refractivity contribution in [2.75, 3.05) is 13.1 Å². The summed E-state index contributed by atoms with van der Waals surface area (Å²) in [7, 11) is 0. The van der Waals surface area contributed by atoms with Gasteiger partial charge in [0, 0.05) is 30.1 Å². The van der Waals surface area contributed by atoms with Crippen LogP contribution in [-0.4, -0.2) is 35.8 Å². The predicted molar refractivity (Wildman–Crippen MR) is 87.7 cm³/mol. The van der Waals surface area contributed by atoms with Gasteiger partial charge in [-0.2, -0.15) is 0 Å². The normalized spacial score (nSPS) is 16.5. The number of nitrogens with one attached hydrogen (secondary N) is 1. The summed E-state index contributed by atoms with van der Waals surface area (Å²) in [6.07, 6.45) is 1.64. The molecule has 4 nitrogen and oxygen atoms in total. The highest BCUT2D eigenvalue weighted by Crippen LogP contribution is 2.18. The highest BCUT2D eigenvalue weighted by Gasteiger charge is 2.28. The maximum absolute atomic E-state index is 12.5. The molecule has 22 heavy (non-hydrogen) atoms. The molecule has 0 aromatic heterocycles. The number of piperidine rings is 1. The van der Waals surface area contributed by atoms with Crippen LogP contribution in [0.4, 0.5) is 0 Å². The van der Waals surface area contributed by atoms with Crippen LogP contribution in [-0.2, 0) is 4.79 Å². The van der Waals surface area contributed by atoms with Crippen molar-refractivity contribution < 1.29 is 9.59 Å². The van der Waals surface area contributed by atoms with Crippen molar-refractivity contribution >= 4 is 11.8 Å². The molecule has 0 atom stereocenters. The molecule has 120 valence electrons. The Bertz CT molecular complexity index is 552. The van der Waals surface area contributed by atoms with Crippen molar-refractivity contribution in [2.45, 2.75) is 46.6 Å². The fraction of sp³-hybridized carbons (Fsp3) is 0.556. The van der Waals surface area contributed by atoms with Crippen LogP contribution in [0.3, 0.4) is 0 Å². The lowest BCUT2D eigenvalue weighted by atomic mass is 9.94. The Kier molecular flexibility index (Phi) is 4.89. The molecule has 1 aliphatic rings. The summed E-state index contributed by atoms with van der Waals surface area (Å²) in [5.74, 6) is 0.167. The minimum atomic E-state index is -0.367. The lowest BCUT2D eigenvalue weighted by molar-refractivity contribution is -0.129. The number of aryl methyl sites for hydroxylation is 1. The SMILES string of the molecule is Cc1cccc(C(=O)N2CCC(NC(=O)C(C)(C)C)CC2)c1. The first-order valence-electron chi connectivity index (χ1n) is 7.94. The van der Waals surface area contributed by atoms with Crippen molar-refractivity contribution in [1.29, 1.82) is 0 Å². The molecule has 0 spiro atoms. The van der Waals surface area contributed by atoms with Gasteiger partial charge in [-0.05, 0) is 31.9 Å². The molecule has 4 heteroatoms. The third-order valence-electron chi connectivity index (χ3n) is 4.06. The van der Waals surface area contributed by atoms with Gasteiger partial charge in [0.1, 0.15) is 0 Å². The van der Waals surface area contributed by atoms with Gasteiger partial charge in [-0.3, -0.25) is 9.59 Å². The average molecular weight is 302 g/mol. The van der Waals surface area contributed by atoms with Crippen LogP contribution in [0.1, 0.15) is 49.5 Å². The van der Waals surface area contributed by atoms with E-state index in [2.05, 4.69) is 5.32 Å². The van der Waals surface area contributed by atoms with Crippen LogP contribution < -0.4 is 5.32 Å². The molecule has 1 heterocycles. The van der Waals surface area contributed by atoms with Crippen molar-refractivity contribution in [2.24, 2.45) is 5.41 Å². The summed E-state index contributed by atoms with van der Waals surface area (Å²) < 4.78 is 0. The smallest absolute Gasteiger partial charge is 0.253 e. The fourth-order valence-corrected chi connectivity index (χ4v) is 2.59. The molecular weight excluding hydrogens is 276 g/mol. The number of carbonyl (C=O) groups is 2. The zero-order chi connectivity index (χ0) is 16.3. The van der Waals surface area contributed by atoms with Crippen molar-refractivity contribution in [3.8, 4) is 0 Å². The number of likely N-dealkylation sites (tertiary alicyclic amines) is 1. The van der Waals surface area contributed by atoms with Crippen LogP contribution in [0.15, 0.2) is 24.3 Å². The van der Waals surface area contributed by atoms with Gasteiger partial charge in [0.2, 0.25) is 5.91 Å². The molecule has 0 saturated carbocycles. The average Bonchev–Trinajstić information content (AvgIpc) is 2.46. The highest BCUT2D eigenvalue weighted by molar-refractivity contribution is 5.94. The van der Waals surface area contributed by atoms with E-state index in [-0.39, 0.29) is 23.3 Å². The number of rotatable bonds is 2. The Morgan fingerprint density at radius 3 is 2.36 bits per heavy atom. The van der Waals surface area contributed by atoms with Gasteiger partial charge in [-0.25, -0.2) is 0 Å². The molecule has 0 bridgehead atoms. The molecule has 1 aliphatic heterocycles. The number of carbonyl (C=O) groups excluding carboxylic acids is 2. The first-order valence-corrected chi connectivity index (χ1v) is 7.94. The van der Waals surface area contributed by atoms with E-state index in [0.29, 0.717) is 13.1 Å². The first kappa shape index (κ1) is 16.5. The molecule has 0 unspecified atom stereocenters.